The second-order valence-electron chi connectivity index (χ2n) is 7.44. The SMILES string of the molecule is O=C(O)CC(NC(=O)OCC1c2ccccc2-c2ccccc21)C(=O)NN1CCC1. The van der Waals surface area contributed by atoms with E-state index < -0.39 is 30.4 Å². The summed E-state index contributed by atoms with van der Waals surface area (Å²) in [7, 11) is 0. The summed E-state index contributed by atoms with van der Waals surface area (Å²) in [6.45, 7) is 1.50. The number of carbonyl (C=O) groups is 3. The van der Waals surface area contributed by atoms with Crippen molar-refractivity contribution in [3.63, 3.8) is 0 Å². The number of nitrogens with zero attached hydrogens (tertiary/aromatic N) is 1. The number of carboxylic acids is 1. The number of hydrazine groups is 1. The Morgan fingerprint density at radius 2 is 1.63 bits per heavy atom. The van der Waals surface area contributed by atoms with Crippen LogP contribution in [0.2, 0.25) is 0 Å². The summed E-state index contributed by atoms with van der Waals surface area (Å²) in [4.78, 5) is 35.8. The molecule has 1 heterocycles. The lowest BCUT2D eigenvalue weighted by Gasteiger charge is -2.32. The van der Waals surface area contributed by atoms with E-state index in [0.29, 0.717) is 13.1 Å². The molecule has 1 atom stereocenters. The number of nitrogens with one attached hydrogen (secondary N) is 2. The number of carboxylic acid groups (broad SMARTS) is 1. The van der Waals surface area contributed by atoms with Gasteiger partial charge in [0.1, 0.15) is 12.6 Å². The molecule has 3 N–H and O–H groups in total. The Morgan fingerprint density at radius 1 is 1.03 bits per heavy atom. The predicted molar refractivity (Wildman–Crippen MR) is 109 cm³/mol. The van der Waals surface area contributed by atoms with Crippen molar-refractivity contribution in [1.29, 1.82) is 0 Å². The number of rotatable bonds is 7. The number of aliphatic carboxylic acids is 1. The summed E-state index contributed by atoms with van der Waals surface area (Å²) in [5, 5.41) is 13.2. The average Bonchev–Trinajstić information content (AvgIpc) is 3.02. The van der Waals surface area contributed by atoms with E-state index in [-0.39, 0.29) is 12.5 Å². The molecule has 156 valence electrons. The first-order valence-corrected chi connectivity index (χ1v) is 9.91. The van der Waals surface area contributed by atoms with Crippen LogP contribution in [0.15, 0.2) is 48.5 Å². The summed E-state index contributed by atoms with van der Waals surface area (Å²) >= 11 is 0. The summed E-state index contributed by atoms with van der Waals surface area (Å²) in [6, 6.07) is 14.7. The predicted octanol–water partition coefficient (Wildman–Crippen LogP) is 2.11. The van der Waals surface area contributed by atoms with Crippen molar-refractivity contribution in [1.82, 2.24) is 15.8 Å². The number of carbonyl (C=O) groups excluding carboxylic acids is 2. The lowest BCUT2D eigenvalue weighted by Crippen LogP contribution is -2.56. The number of alkyl carbamates (subject to hydrolysis) is 1. The minimum absolute atomic E-state index is 0.0907. The maximum Gasteiger partial charge on any atom is 0.407 e. The van der Waals surface area contributed by atoms with Gasteiger partial charge in [0.05, 0.1) is 6.42 Å². The second-order valence-corrected chi connectivity index (χ2v) is 7.44. The van der Waals surface area contributed by atoms with Gasteiger partial charge in [-0.25, -0.2) is 9.80 Å². The lowest BCUT2D eigenvalue weighted by atomic mass is 9.98. The molecule has 1 aliphatic carbocycles. The quantitative estimate of drug-likeness (QED) is 0.646. The monoisotopic (exact) mass is 409 g/mol. The van der Waals surface area contributed by atoms with Crippen LogP contribution in [0, 0.1) is 0 Å². The number of benzene rings is 2. The van der Waals surface area contributed by atoms with Crippen molar-refractivity contribution >= 4 is 18.0 Å². The van der Waals surface area contributed by atoms with Crippen molar-refractivity contribution < 1.29 is 24.2 Å². The standard InChI is InChI=1S/C22H23N3O5/c26-20(27)12-19(21(28)24-25-10-5-11-25)23-22(29)30-13-18-16-8-3-1-6-14(16)15-7-2-4-9-17(15)18/h1-4,6-9,18-19H,5,10-13H2,(H,23,29)(H,24,28)(H,26,27). The van der Waals surface area contributed by atoms with Gasteiger partial charge in [0.25, 0.3) is 5.91 Å². The number of amides is 2. The highest BCUT2D eigenvalue weighted by molar-refractivity contribution is 5.89. The zero-order valence-electron chi connectivity index (χ0n) is 16.3. The number of ether oxygens (including phenoxy) is 1. The molecule has 8 nitrogen and oxygen atoms in total. The first-order chi connectivity index (χ1) is 14.5. The first kappa shape index (κ1) is 19.9. The largest absolute Gasteiger partial charge is 0.481 e. The van der Waals surface area contributed by atoms with Crippen molar-refractivity contribution in [3.8, 4) is 11.1 Å². The van der Waals surface area contributed by atoms with Gasteiger partial charge in [-0.05, 0) is 28.7 Å². The Morgan fingerprint density at radius 3 is 2.17 bits per heavy atom. The van der Waals surface area contributed by atoms with Crippen LogP contribution < -0.4 is 10.7 Å². The summed E-state index contributed by atoms with van der Waals surface area (Å²) < 4.78 is 5.41. The van der Waals surface area contributed by atoms with Crippen LogP contribution in [0.5, 0.6) is 0 Å². The molecule has 4 rings (SSSR count). The molecule has 1 saturated heterocycles. The highest BCUT2D eigenvalue weighted by atomic mass is 16.5. The van der Waals surface area contributed by atoms with Crippen LogP contribution in [-0.2, 0) is 14.3 Å². The van der Waals surface area contributed by atoms with Crippen molar-refractivity contribution in [2.45, 2.75) is 24.8 Å². The fraction of sp³-hybridized carbons (Fsp3) is 0.318. The van der Waals surface area contributed by atoms with Gasteiger partial charge < -0.3 is 15.2 Å². The molecule has 0 saturated carbocycles. The Bertz CT molecular complexity index is 927. The maximum absolute atomic E-state index is 12.4. The van der Waals surface area contributed by atoms with E-state index in [1.54, 1.807) is 5.01 Å². The molecule has 30 heavy (non-hydrogen) atoms. The van der Waals surface area contributed by atoms with Crippen LogP contribution in [0.3, 0.4) is 0 Å². The van der Waals surface area contributed by atoms with Gasteiger partial charge in [-0.2, -0.15) is 0 Å². The third kappa shape index (κ3) is 4.13. The molecular weight excluding hydrogens is 386 g/mol. The molecule has 8 heteroatoms. The molecule has 1 fully saturated rings. The minimum atomic E-state index is -1.21. The summed E-state index contributed by atoms with van der Waals surface area (Å²) in [5.41, 5.74) is 6.98. The molecule has 0 spiro atoms. The van der Waals surface area contributed by atoms with E-state index in [1.807, 2.05) is 48.5 Å². The third-order valence-corrected chi connectivity index (χ3v) is 5.46. The van der Waals surface area contributed by atoms with E-state index >= 15 is 0 Å². The normalized spacial score (nSPS) is 16.0. The number of hydrogen-bond donors (Lipinski definition) is 3. The highest BCUT2D eigenvalue weighted by Crippen LogP contribution is 2.44. The van der Waals surface area contributed by atoms with Gasteiger partial charge in [-0.1, -0.05) is 48.5 Å². The Labute approximate surface area is 173 Å². The lowest BCUT2D eigenvalue weighted by molar-refractivity contribution is -0.141. The van der Waals surface area contributed by atoms with Crippen LogP contribution in [0.25, 0.3) is 11.1 Å². The van der Waals surface area contributed by atoms with Crippen LogP contribution in [0.4, 0.5) is 4.79 Å². The molecule has 0 aromatic heterocycles. The summed E-state index contributed by atoms with van der Waals surface area (Å²) in [5.74, 6) is -1.86. The Balaban J connectivity index is 1.41. The molecule has 2 aromatic rings. The van der Waals surface area contributed by atoms with Crippen molar-refractivity contribution in [2.24, 2.45) is 0 Å². The zero-order chi connectivity index (χ0) is 21.1. The van der Waals surface area contributed by atoms with Crippen LogP contribution in [-0.4, -0.2) is 53.8 Å². The van der Waals surface area contributed by atoms with E-state index in [4.69, 9.17) is 9.84 Å². The first-order valence-electron chi connectivity index (χ1n) is 9.91. The Hall–Kier alpha value is -3.39. The van der Waals surface area contributed by atoms with E-state index in [1.165, 1.54) is 0 Å². The summed E-state index contributed by atoms with van der Waals surface area (Å²) in [6.07, 6.45) is -0.380. The molecule has 2 amide bonds. The maximum atomic E-state index is 12.4. The fourth-order valence-corrected chi connectivity index (χ4v) is 3.83. The average molecular weight is 409 g/mol. The fourth-order valence-electron chi connectivity index (χ4n) is 3.83. The van der Waals surface area contributed by atoms with Crippen molar-refractivity contribution in [2.75, 3.05) is 19.7 Å². The molecule has 2 aliphatic rings. The smallest absolute Gasteiger partial charge is 0.407 e. The van der Waals surface area contributed by atoms with Gasteiger partial charge in [0.2, 0.25) is 0 Å². The topological polar surface area (TPSA) is 108 Å². The van der Waals surface area contributed by atoms with Crippen molar-refractivity contribution in [3.05, 3.63) is 59.7 Å². The van der Waals surface area contributed by atoms with Crippen LogP contribution >= 0.6 is 0 Å². The van der Waals surface area contributed by atoms with Gasteiger partial charge in [-0.15, -0.1) is 0 Å². The van der Waals surface area contributed by atoms with E-state index in [2.05, 4.69) is 10.7 Å². The third-order valence-electron chi connectivity index (χ3n) is 5.46. The molecule has 0 bridgehead atoms. The van der Waals surface area contributed by atoms with Gasteiger partial charge in [-0.3, -0.25) is 15.0 Å². The van der Waals surface area contributed by atoms with Gasteiger partial charge >= 0.3 is 12.1 Å². The van der Waals surface area contributed by atoms with Gasteiger partial charge in [0.15, 0.2) is 0 Å². The molecule has 0 radical (unpaired) electrons. The second kappa shape index (κ2) is 8.54. The van der Waals surface area contributed by atoms with E-state index in [9.17, 15) is 14.4 Å². The van der Waals surface area contributed by atoms with Crippen LogP contribution in [0.1, 0.15) is 29.9 Å². The number of fused-ring (bicyclic) bond motifs is 3. The molecule has 1 aliphatic heterocycles. The highest BCUT2D eigenvalue weighted by Gasteiger charge is 2.31. The number of hydrogen-bond acceptors (Lipinski definition) is 5. The minimum Gasteiger partial charge on any atom is -0.481 e. The molecule has 2 aromatic carbocycles. The van der Waals surface area contributed by atoms with E-state index in [0.717, 1.165) is 28.7 Å². The van der Waals surface area contributed by atoms with Gasteiger partial charge in [0, 0.05) is 19.0 Å². The molecule has 1 unspecified atom stereocenters. The zero-order valence-corrected chi connectivity index (χ0v) is 16.3. The Kier molecular flexibility index (Phi) is 5.67. The molecular formula is C22H23N3O5.